The summed E-state index contributed by atoms with van der Waals surface area (Å²) in [5.74, 6) is 1.73. The Bertz CT molecular complexity index is 3570. The van der Waals surface area contributed by atoms with Crippen LogP contribution in [-0.4, -0.2) is 19.5 Å². The van der Waals surface area contributed by atoms with Crippen LogP contribution in [0.25, 0.3) is 117 Å². The molecule has 0 radical (unpaired) electrons. The number of hydrogen-bond acceptors (Lipinski definition) is 4. The highest BCUT2D eigenvalue weighted by Crippen LogP contribution is 2.43. The maximum absolute atomic E-state index is 6.87. The molecule has 0 aliphatic heterocycles. The molecule has 0 saturated heterocycles. The summed E-state index contributed by atoms with van der Waals surface area (Å²) in [5.41, 5.74) is 14.3. The van der Waals surface area contributed by atoms with Gasteiger partial charge in [0.1, 0.15) is 11.2 Å². The van der Waals surface area contributed by atoms with Crippen molar-refractivity contribution in [1.29, 1.82) is 0 Å². The molecule has 0 aliphatic rings. The number of rotatable bonds is 7. The summed E-state index contributed by atoms with van der Waals surface area (Å²) in [7, 11) is 0. The van der Waals surface area contributed by atoms with Crippen molar-refractivity contribution in [1.82, 2.24) is 19.5 Å². The van der Waals surface area contributed by atoms with E-state index in [4.69, 9.17) is 19.4 Å². The minimum atomic E-state index is 0.545. The zero-order valence-corrected chi connectivity index (χ0v) is 33.5. The first kappa shape index (κ1) is 35.5. The second kappa shape index (κ2) is 14.7. The van der Waals surface area contributed by atoms with Crippen molar-refractivity contribution in [3.8, 4) is 73.2 Å². The van der Waals surface area contributed by atoms with Gasteiger partial charge in [0.2, 0.25) is 0 Å². The van der Waals surface area contributed by atoms with Crippen molar-refractivity contribution in [2.45, 2.75) is 0 Å². The molecule has 0 bridgehead atoms. The van der Waals surface area contributed by atoms with Gasteiger partial charge in [0.05, 0.1) is 22.3 Å². The van der Waals surface area contributed by atoms with Gasteiger partial charge >= 0.3 is 0 Å². The van der Waals surface area contributed by atoms with E-state index in [0.29, 0.717) is 17.5 Å². The number of furan rings is 1. The van der Waals surface area contributed by atoms with Gasteiger partial charge < -0.3 is 8.98 Å². The van der Waals surface area contributed by atoms with Gasteiger partial charge in [0.15, 0.2) is 17.5 Å². The highest BCUT2D eigenvalue weighted by atomic mass is 16.3. The summed E-state index contributed by atoms with van der Waals surface area (Å²) >= 11 is 0. The van der Waals surface area contributed by atoms with Crippen molar-refractivity contribution in [3.63, 3.8) is 0 Å². The molecular weight excluding hydrogens is 757 g/mol. The van der Waals surface area contributed by atoms with E-state index in [1.165, 1.54) is 32.9 Å². The molecule has 0 saturated carbocycles. The van der Waals surface area contributed by atoms with Gasteiger partial charge in [0.25, 0.3) is 0 Å². The van der Waals surface area contributed by atoms with E-state index < -0.39 is 0 Å². The van der Waals surface area contributed by atoms with E-state index in [1.54, 1.807) is 0 Å². The van der Waals surface area contributed by atoms with E-state index in [-0.39, 0.29) is 0 Å². The van der Waals surface area contributed by atoms with Gasteiger partial charge in [-0.3, -0.25) is 0 Å². The van der Waals surface area contributed by atoms with Gasteiger partial charge in [-0.2, -0.15) is 0 Å². The molecule has 9 aromatic carbocycles. The monoisotopic (exact) mass is 792 g/mol. The lowest BCUT2D eigenvalue weighted by Gasteiger charge is -2.14. The molecule has 0 aliphatic carbocycles. The summed E-state index contributed by atoms with van der Waals surface area (Å²) in [6, 6.07) is 76.2. The number of nitrogens with zero attached hydrogens (tertiary/aromatic N) is 4. The summed E-state index contributed by atoms with van der Waals surface area (Å²) in [6.45, 7) is 0. The summed E-state index contributed by atoms with van der Waals surface area (Å²) in [5, 5.41) is 4.49. The quantitative estimate of drug-likeness (QED) is 0.161. The Morgan fingerprint density at radius 3 is 1.55 bits per heavy atom. The molecule has 0 spiro atoms. The number of benzene rings is 9. The Balaban J connectivity index is 1.01. The fourth-order valence-corrected chi connectivity index (χ4v) is 8.99. The van der Waals surface area contributed by atoms with Crippen molar-refractivity contribution in [2.24, 2.45) is 0 Å². The number of hydrogen-bond donors (Lipinski definition) is 0. The topological polar surface area (TPSA) is 56.7 Å². The molecule has 0 unspecified atom stereocenters. The Labute approximate surface area is 357 Å². The zero-order valence-electron chi connectivity index (χ0n) is 33.5. The van der Waals surface area contributed by atoms with Gasteiger partial charge in [-0.1, -0.05) is 182 Å². The SMILES string of the molecule is c1ccc(-c2ccc(-c3cccc(-c4nc(-c5ccccc5)nc(-c5cccc6c5oc5cccc(-c7ccccc7-n7c8ccccc8c8ccccc87)c56)n4)c3)cc2)cc1. The van der Waals surface area contributed by atoms with Crippen LogP contribution in [0.15, 0.2) is 223 Å². The third-order valence-electron chi connectivity index (χ3n) is 11.9. The molecule has 12 rings (SSSR count). The number of fused-ring (bicyclic) bond motifs is 6. The molecule has 12 aromatic rings. The first-order chi connectivity index (χ1) is 30.7. The van der Waals surface area contributed by atoms with E-state index in [1.807, 2.05) is 36.4 Å². The summed E-state index contributed by atoms with van der Waals surface area (Å²) < 4.78 is 9.26. The Morgan fingerprint density at radius 1 is 0.323 bits per heavy atom. The van der Waals surface area contributed by atoms with Crippen LogP contribution in [-0.2, 0) is 0 Å². The first-order valence-corrected chi connectivity index (χ1v) is 20.9. The molecule has 0 fully saturated rings. The highest BCUT2D eigenvalue weighted by Gasteiger charge is 2.22. The molecule has 0 atom stereocenters. The average molecular weight is 793 g/mol. The smallest absolute Gasteiger partial charge is 0.167 e. The van der Waals surface area contributed by atoms with Crippen LogP contribution < -0.4 is 0 Å². The van der Waals surface area contributed by atoms with Crippen LogP contribution in [0.3, 0.4) is 0 Å². The minimum Gasteiger partial charge on any atom is -0.455 e. The van der Waals surface area contributed by atoms with Crippen LogP contribution >= 0.6 is 0 Å². The maximum atomic E-state index is 6.87. The van der Waals surface area contributed by atoms with E-state index >= 15 is 0 Å². The number of aromatic nitrogens is 4. The molecule has 3 aromatic heterocycles. The fraction of sp³-hybridized carbons (Fsp3) is 0. The Morgan fingerprint density at radius 2 is 0.806 bits per heavy atom. The van der Waals surface area contributed by atoms with Crippen molar-refractivity contribution in [2.75, 3.05) is 0 Å². The molecule has 62 heavy (non-hydrogen) atoms. The average Bonchev–Trinajstić information content (AvgIpc) is 3.91. The van der Waals surface area contributed by atoms with Gasteiger partial charge in [-0.05, 0) is 64.2 Å². The second-order valence-electron chi connectivity index (χ2n) is 15.5. The minimum absolute atomic E-state index is 0.545. The van der Waals surface area contributed by atoms with Crippen LogP contribution in [0.1, 0.15) is 0 Å². The molecule has 290 valence electrons. The predicted molar refractivity (Wildman–Crippen MR) is 254 cm³/mol. The normalized spacial score (nSPS) is 11.5. The van der Waals surface area contributed by atoms with Crippen LogP contribution in [0.4, 0.5) is 0 Å². The van der Waals surface area contributed by atoms with Crippen molar-refractivity contribution in [3.05, 3.63) is 218 Å². The van der Waals surface area contributed by atoms with E-state index in [2.05, 4.69) is 187 Å². The third kappa shape index (κ3) is 5.98. The van der Waals surface area contributed by atoms with Crippen LogP contribution in [0.2, 0.25) is 0 Å². The van der Waals surface area contributed by atoms with Crippen LogP contribution in [0, 0.1) is 0 Å². The first-order valence-electron chi connectivity index (χ1n) is 20.9. The lowest BCUT2D eigenvalue weighted by atomic mass is 9.97. The lowest BCUT2D eigenvalue weighted by Crippen LogP contribution is -2.00. The lowest BCUT2D eigenvalue weighted by molar-refractivity contribution is 0.669. The maximum Gasteiger partial charge on any atom is 0.167 e. The van der Waals surface area contributed by atoms with Crippen molar-refractivity contribution < 1.29 is 4.42 Å². The van der Waals surface area contributed by atoms with Crippen LogP contribution in [0.5, 0.6) is 0 Å². The third-order valence-corrected chi connectivity index (χ3v) is 11.9. The largest absolute Gasteiger partial charge is 0.455 e. The molecular formula is C57H36N4O. The number of para-hydroxylation sites is 4. The van der Waals surface area contributed by atoms with Crippen molar-refractivity contribution >= 4 is 43.7 Å². The Hall–Kier alpha value is -8.41. The predicted octanol–water partition coefficient (Wildman–Crippen LogP) is 14.9. The van der Waals surface area contributed by atoms with Gasteiger partial charge in [-0.15, -0.1) is 0 Å². The second-order valence-corrected chi connectivity index (χ2v) is 15.5. The summed E-state index contributed by atoms with van der Waals surface area (Å²) in [6.07, 6.45) is 0. The molecule has 5 heteroatoms. The molecule has 5 nitrogen and oxygen atoms in total. The summed E-state index contributed by atoms with van der Waals surface area (Å²) in [4.78, 5) is 15.4. The van der Waals surface area contributed by atoms with E-state index in [9.17, 15) is 0 Å². The van der Waals surface area contributed by atoms with Gasteiger partial charge in [-0.25, -0.2) is 15.0 Å². The molecule has 0 N–H and O–H groups in total. The molecule has 0 amide bonds. The highest BCUT2D eigenvalue weighted by molar-refractivity contribution is 6.16. The van der Waals surface area contributed by atoms with E-state index in [0.717, 1.165) is 66.6 Å². The molecule has 3 heterocycles. The standard InChI is InChI=1S/C57H36N4O/c1-3-16-37(17-4-1)38-32-34-39(35-33-38)41-20-13-21-42(36-41)56-58-55(40-18-5-2-6-19-40)59-57(60-56)48-27-14-26-47-53-46(25-15-31-52(53)62-54(47)48)45-24-9-12-30-51(45)61-49-28-10-7-22-43(49)44-23-8-11-29-50(44)61/h1-36H. The Kier molecular flexibility index (Phi) is 8.42. The zero-order chi connectivity index (χ0) is 41.0. The van der Waals surface area contributed by atoms with Gasteiger partial charge in [0, 0.05) is 38.2 Å². The fourth-order valence-electron chi connectivity index (χ4n) is 8.99.